The Morgan fingerprint density at radius 3 is 1.57 bits per heavy atom. The van der Waals surface area contributed by atoms with E-state index < -0.39 is 0 Å². The van der Waals surface area contributed by atoms with E-state index in [1.165, 1.54) is 0 Å². The summed E-state index contributed by atoms with van der Waals surface area (Å²) in [7, 11) is 0. The van der Waals surface area contributed by atoms with E-state index in [0.717, 1.165) is 71.7 Å². The molecule has 0 radical (unpaired) electrons. The van der Waals surface area contributed by atoms with Gasteiger partial charge < -0.3 is 9.13 Å². The van der Waals surface area contributed by atoms with E-state index in [1.807, 2.05) is 12.1 Å². The third-order valence-electron chi connectivity index (χ3n) is 5.57. The molecule has 3 heteroatoms. The number of benzene rings is 2. The molecule has 0 atom stereocenters. The minimum absolute atomic E-state index is 0.123. The lowest BCUT2D eigenvalue weighted by atomic mass is 10.0. The molecule has 0 N–H and O–H groups in total. The zero-order valence-corrected chi connectivity index (χ0v) is 16.8. The summed E-state index contributed by atoms with van der Waals surface area (Å²) in [5.41, 5.74) is 3.92. The molecule has 4 rings (SSSR count). The summed E-state index contributed by atoms with van der Waals surface area (Å²) < 4.78 is 4.48. The number of nitrogens with zero attached hydrogens (tertiary/aromatic N) is 2. The molecule has 0 saturated heterocycles. The van der Waals surface area contributed by atoms with Crippen molar-refractivity contribution >= 4 is 27.6 Å². The first kappa shape index (κ1) is 18.5. The zero-order chi connectivity index (χ0) is 19.5. The first-order valence-corrected chi connectivity index (χ1v) is 10.4. The number of carbonyl (C=O) groups is 1. The van der Waals surface area contributed by atoms with Gasteiger partial charge in [0.2, 0.25) is 0 Å². The first-order valence-electron chi connectivity index (χ1n) is 10.4. The van der Waals surface area contributed by atoms with Gasteiger partial charge in [0.15, 0.2) is 5.78 Å². The molecular weight excluding hydrogens is 344 g/mol. The van der Waals surface area contributed by atoms with Gasteiger partial charge in [-0.1, -0.05) is 63.1 Å². The summed E-state index contributed by atoms with van der Waals surface area (Å²) in [5.74, 6) is 0.123. The summed E-state index contributed by atoms with van der Waals surface area (Å²) >= 11 is 0. The minimum atomic E-state index is 0.123. The molecule has 28 heavy (non-hydrogen) atoms. The number of ketones is 1. The number of aromatic nitrogens is 2. The van der Waals surface area contributed by atoms with Crippen molar-refractivity contribution < 1.29 is 4.79 Å². The van der Waals surface area contributed by atoms with Crippen molar-refractivity contribution in [2.45, 2.75) is 52.6 Å². The molecule has 144 valence electrons. The maximum atomic E-state index is 13.6. The molecule has 0 aliphatic heterocycles. The van der Waals surface area contributed by atoms with Gasteiger partial charge in [-0.05, 0) is 25.0 Å². The van der Waals surface area contributed by atoms with Gasteiger partial charge in [-0.25, -0.2) is 0 Å². The Morgan fingerprint density at radius 2 is 1.14 bits per heavy atom. The van der Waals surface area contributed by atoms with Crippen LogP contribution in [0.15, 0.2) is 60.9 Å². The Labute approximate surface area is 166 Å². The van der Waals surface area contributed by atoms with Crippen LogP contribution in [0.25, 0.3) is 21.8 Å². The van der Waals surface area contributed by atoms with Crippen LogP contribution in [-0.2, 0) is 13.1 Å². The van der Waals surface area contributed by atoms with Crippen molar-refractivity contribution in [2.24, 2.45) is 0 Å². The highest BCUT2D eigenvalue weighted by Crippen LogP contribution is 2.29. The molecule has 0 bridgehead atoms. The van der Waals surface area contributed by atoms with E-state index in [9.17, 15) is 4.79 Å². The zero-order valence-electron chi connectivity index (χ0n) is 16.8. The second-order valence-electron chi connectivity index (χ2n) is 7.54. The summed E-state index contributed by atoms with van der Waals surface area (Å²) in [6.07, 6.45) is 8.62. The molecule has 0 amide bonds. The lowest BCUT2D eigenvalue weighted by molar-refractivity contribution is 0.104. The number of aryl methyl sites for hydroxylation is 2. The van der Waals surface area contributed by atoms with Crippen molar-refractivity contribution in [1.82, 2.24) is 9.13 Å². The number of rotatable bonds is 8. The highest BCUT2D eigenvalue weighted by molar-refractivity contribution is 6.21. The summed E-state index contributed by atoms with van der Waals surface area (Å²) in [6, 6.07) is 16.5. The van der Waals surface area contributed by atoms with Crippen LogP contribution < -0.4 is 0 Å². The Hall–Kier alpha value is -2.81. The van der Waals surface area contributed by atoms with E-state index in [4.69, 9.17) is 0 Å². The Bertz CT molecular complexity index is 1030. The number of hydrogen-bond donors (Lipinski definition) is 0. The second-order valence-corrected chi connectivity index (χ2v) is 7.54. The van der Waals surface area contributed by atoms with Gasteiger partial charge in [0.1, 0.15) is 0 Å². The van der Waals surface area contributed by atoms with Crippen molar-refractivity contribution in [3.63, 3.8) is 0 Å². The van der Waals surface area contributed by atoms with Crippen molar-refractivity contribution in [2.75, 3.05) is 0 Å². The number of para-hydroxylation sites is 2. The highest BCUT2D eigenvalue weighted by atomic mass is 16.1. The standard InChI is InChI=1S/C25H28N2O/c1-3-5-15-26-17-21(19-11-7-9-13-23(19)26)25(28)22-18-27(16-6-4-2)24-14-10-8-12-20(22)24/h7-14,17-18H,3-6,15-16H2,1-2H3. The molecule has 0 aliphatic carbocycles. The number of carbonyl (C=O) groups excluding carboxylic acids is 1. The first-order chi connectivity index (χ1) is 13.7. The third-order valence-corrected chi connectivity index (χ3v) is 5.57. The summed E-state index contributed by atoms with van der Waals surface area (Å²) in [4.78, 5) is 13.6. The van der Waals surface area contributed by atoms with Crippen molar-refractivity contribution in [1.29, 1.82) is 0 Å². The maximum absolute atomic E-state index is 13.6. The van der Waals surface area contributed by atoms with Crippen LogP contribution in [0.3, 0.4) is 0 Å². The molecular formula is C25H28N2O. The second kappa shape index (κ2) is 8.05. The number of unbranched alkanes of at least 4 members (excludes halogenated alkanes) is 2. The predicted molar refractivity (Wildman–Crippen MR) is 117 cm³/mol. The largest absolute Gasteiger partial charge is 0.347 e. The SMILES string of the molecule is CCCCn1cc(C(=O)c2cn(CCCC)c3ccccc23)c2ccccc21. The van der Waals surface area contributed by atoms with Crippen LogP contribution >= 0.6 is 0 Å². The molecule has 3 nitrogen and oxygen atoms in total. The van der Waals surface area contributed by atoms with Crippen LogP contribution in [0.4, 0.5) is 0 Å². The van der Waals surface area contributed by atoms with Gasteiger partial charge in [-0.15, -0.1) is 0 Å². The monoisotopic (exact) mass is 372 g/mol. The predicted octanol–water partition coefficient (Wildman–Crippen LogP) is 6.43. The molecule has 4 aromatic rings. The average Bonchev–Trinajstić information content (AvgIpc) is 3.29. The lowest BCUT2D eigenvalue weighted by Crippen LogP contribution is -2.01. The van der Waals surface area contributed by atoms with Crippen LogP contribution in [0.2, 0.25) is 0 Å². The minimum Gasteiger partial charge on any atom is -0.347 e. The Balaban J connectivity index is 1.82. The third kappa shape index (κ3) is 3.26. The fourth-order valence-electron chi connectivity index (χ4n) is 4.03. The van der Waals surface area contributed by atoms with Gasteiger partial charge in [0.25, 0.3) is 0 Å². The molecule has 0 saturated carbocycles. The van der Waals surface area contributed by atoms with E-state index >= 15 is 0 Å². The van der Waals surface area contributed by atoms with Crippen LogP contribution in [0.5, 0.6) is 0 Å². The lowest BCUT2D eigenvalue weighted by Gasteiger charge is -2.02. The fraction of sp³-hybridized carbons (Fsp3) is 0.320. The Kier molecular flexibility index (Phi) is 5.34. The maximum Gasteiger partial charge on any atom is 0.197 e. The summed E-state index contributed by atoms with van der Waals surface area (Å²) in [5, 5.41) is 2.10. The molecule has 2 heterocycles. The topological polar surface area (TPSA) is 26.9 Å². The average molecular weight is 373 g/mol. The van der Waals surface area contributed by atoms with E-state index in [0.29, 0.717) is 0 Å². The van der Waals surface area contributed by atoms with Gasteiger partial charge in [0.05, 0.1) is 0 Å². The molecule has 0 spiro atoms. The molecule has 2 aromatic carbocycles. The molecule has 0 unspecified atom stereocenters. The normalized spacial score (nSPS) is 11.5. The molecule has 0 aliphatic rings. The van der Waals surface area contributed by atoms with Crippen molar-refractivity contribution in [3.05, 3.63) is 72.1 Å². The van der Waals surface area contributed by atoms with Crippen LogP contribution in [0, 0.1) is 0 Å². The smallest absolute Gasteiger partial charge is 0.197 e. The van der Waals surface area contributed by atoms with Gasteiger partial charge in [0, 0.05) is 58.4 Å². The van der Waals surface area contributed by atoms with Gasteiger partial charge in [-0.3, -0.25) is 4.79 Å². The van der Waals surface area contributed by atoms with Crippen LogP contribution in [0.1, 0.15) is 55.5 Å². The number of fused-ring (bicyclic) bond motifs is 2. The quantitative estimate of drug-likeness (QED) is 0.328. The number of hydrogen-bond acceptors (Lipinski definition) is 1. The van der Waals surface area contributed by atoms with E-state index in [-0.39, 0.29) is 5.78 Å². The van der Waals surface area contributed by atoms with E-state index in [1.54, 1.807) is 0 Å². The van der Waals surface area contributed by atoms with Gasteiger partial charge in [-0.2, -0.15) is 0 Å². The van der Waals surface area contributed by atoms with E-state index in [2.05, 4.69) is 71.8 Å². The summed E-state index contributed by atoms with van der Waals surface area (Å²) in [6.45, 7) is 6.29. The Morgan fingerprint density at radius 1 is 0.714 bits per heavy atom. The van der Waals surface area contributed by atoms with Crippen molar-refractivity contribution in [3.8, 4) is 0 Å². The fourth-order valence-corrected chi connectivity index (χ4v) is 4.03. The van der Waals surface area contributed by atoms with Gasteiger partial charge >= 0.3 is 0 Å². The molecule has 0 fully saturated rings. The molecule has 2 aromatic heterocycles. The highest BCUT2D eigenvalue weighted by Gasteiger charge is 2.20. The van der Waals surface area contributed by atoms with Crippen LogP contribution in [-0.4, -0.2) is 14.9 Å².